The van der Waals surface area contributed by atoms with Gasteiger partial charge in [0.05, 0.1) is 23.5 Å². The molecule has 2 heterocycles. The van der Waals surface area contributed by atoms with Crippen molar-refractivity contribution >= 4 is 40.6 Å². The number of halogens is 1. The minimum absolute atomic E-state index is 0.0105. The molecule has 0 aliphatic carbocycles. The molecule has 1 N–H and O–H groups in total. The fourth-order valence-electron chi connectivity index (χ4n) is 2.11. The number of benzene rings is 1. The third-order valence-electron chi connectivity index (χ3n) is 3.25. The first-order valence-electron chi connectivity index (χ1n) is 7.29. The highest BCUT2D eigenvalue weighted by Gasteiger charge is 2.17. The van der Waals surface area contributed by atoms with Gasteiger partial charge in [-0.15, -0.1) is 10.2 Å². The topological polar surface area (TPSA) is 116 Å². The van der Waals surface area contributed by atoms with Crippen LogP contribution in [0.2, 0.25) is 5.02 Å². The molecule has 0 aliphatic rings. The summed E-state index contributed by atoms with van der Waals surface area (Å²) < 4.78 is 7.01. The number of nitro groups is 1. The van der Waals surface area contributed by atoms with E-state index >= 15 is 0 Å². The number of amides is 1. The van der Waals surface area contributed by atoms with Gasteiger partial charge in [0.2, 0.25) is 5.91 Å². The Hall–Kier alpha value is -2.85. The lowest BCUT2D eigenvalue weighted by Gasteiger charge is -2.07. The molecule has 134 valence electrons. The first kappa shape index (κ1) is 18.0. The van der Waals surface area contributed by atoms with Gasteiger partial charge in [0.1, 0.15) is 17.8 Å². The number of carbonyl (C=O) groups excluding carboxylic acids is 1. The summed E-state index contributed by atoms with van der Waals surface area (Å²) >= 11 is 6.91. The second-order valence-electron chi connectivity index (χ2n) is 5.08. The number of nitrogens with zero attached hydrogens (tertiary/aromatic N) is 4. The zero-order valence-electron chi connectivity index (χ0n) is 13.2. The second-order valence-corrected chi connectivity index (χ2v) is 6.46. The van der Waals surface area contributed by atoms with Crippen LogP contribution in [-0.2, 0) is 11.3 Å². The van der Waals surface area contributed by atoms with Crippen molar-refractivity contribution in [1.82, 2.24) is 14.8 Å². The van der Waals surface area contributed by atoms with Crippen molar-refractivity contribution in [3.63, 3.8) is 0 Å². The average molecular weight is 394 g/mol. The van der Waals surface area contributed by atoms with E-state index in [1.165, 1.54) is 24.5 Å². The molecule has 11 heteroatoms. The van der Waals surface area contributed by atoms with Crippen molar-refractivity contribution in [2.24, 2.45) is 0 Å². The van der Waals surface area contributed by atoms with E-state index in [0.717, 1.165) is 17.5 Å². The van der Waals surface area contributed by atoms with E-state index in [1.807, 2.05) is 6.07 Å². The number of carbonyl (C=O) groups is 1. The number of thioether (sulfide) groups is 1. The van der Waals surface area contributed by atoms with Crippen molar-refractivity contribution in [3.8, 4) is 0 Å². The monoisotopic (exact) mass is 393 g/mol. The molecule has 0 bridgehead atoms. The van der Waals surface area contributed by atoms with Crippen molar-refractivity contribution in [2.45, 2.75) is 11.7 Å². The van der Waals surface area contributed by atoms with Crippen LogP contribution in [0.5, 0.6) is 0 Å². The minimum Gasteiger partial charge on any atom is -0.467 e. The van der Waals surface area contributed by atoms with Crippen molar-refractivity contribution in [1.29, 1.82) is 0 Å². The Labute approximate surface area is 156 Å². The van der Waals surface area contributed by atoms with Crippen LogP contribution in [0.3, 0.4) is 0 Å². The van der Waals surface area contributed by atoms with Crippen molar-refractivity contribution < 1.29 is 14.1 Å². The number of hydrogen-bond donors (Lipinski definition) is 1. The van der Waals surface area contributed by atoms with E-state index in [1.54, 1.807) is 16.9 Å². The molecule has 0 radical (unpaired) electrons. The SMILES string of the molecule is O=C(CSc1nncn1Cc1ccco1)Nc1ccc(Cl)cc1[N+](=O)[O-]. The summed E-state index contributed by atoms with van der Waals surface area (Å²) in [5.74, 6) is 0.331. The quantitative estimate of drug-likeness (QED) is 0.372. The van der Waals surface area contributed by atoms with Crippen molar-refractivity contribution in [2.75, 3.05) is 11.1 Å². The maximum Gasteiger partial charge on any atom is 0.294 e. The molecule has 1 amide bonds. The highest BCUT2D eigenvalue weighted by Crippen LogP contribution is 2.28. The van der Waals surface area contributed by atoms with Crippen LogP contribution in [0.4, 0.5) is 11.4 Å². The third kappa shape index (κ3) is 4.41. The largest absolute Gasteiger partial charge is 0.467 e. The molecule has 1 aromatic carbocycles. The molecule has 0 saturated carbocycles. The molecule has 0 spiro atoms. The lowest BCUT2D eigenvalue weighted by atomic mass is 10.2. The zero-order valence-corrected chi connectivity index (χ0v) is 14.7. The van der Waals surface area contributed by atoms with Crippen LogP contribution >= 0.6 is 23.4 Å². The van der Waals surface area contributed by atoms with Crippen LogP contribution in [0, 0.1) is 10.1 Å². The van der Waals surface area contributed by atoms with Gasteiger partial charge in [-0.05, 0) is 24.3 Å². The van der Waals surface area contributed by atoms with E-state index < -0.39 is 10.8 Å². The maximum absolute atomic E-state index is 12.1. The molecule has 0 fully saturated rings. The predicted octanol–water partition coefficient (Wildman–Crippen LogP) is 3.21. The summed E-state index contributed by atoms with van der Waals surface area (Å²) in [7, 11) is 0. The van der Waals surface area contributed by atoms with Gasteiger partial charge in [0.25, 0.3) is 5.69 Å². The summed E-state index contributed by atoms with van der Waals surface area (Å²) in [6, 6.07) is 7.64. The number of aromatic nitrogens is 3. The van der Waals surface area contributed by atoms with Crippen molar-refractivity contribution in [3.05, 3.63) is 63.8 Å². The predicted molar refractivity (Wildman–Crippen MR) is 95.3 cm³/mol. The Morgan fingerprint density at radius 1 is 1.42 bits per heavy atom. The van der Waals surface area contributed by atoms with Gasteiger partial charge in [-0.1, -0.05) is 23.4 Å². The van der Waals surface area contributed by atoms with Crippen LogP contribution < -0.4 is 5.32 Å². The number of rotatable bonds is 7. The zero-order chi connectivity index (χ0) is 18.5. The van der Waals surface area contributed by atoms with E-state index in [-0.39, 0.29) is 22.2 Å². The molecule has 0 saturated heterocycles. The number of furan rings is 1. The average Bonchev–Trinajstić information content (AvgIpc) is 3.27. The summed E-state index contributed by atoms with van der Waals surface area (Å²) in [6.07, 6.45) is 3.10. The standard InChI is InChI=1S/C15H12ClN5O4S/c16-10-3-4-12(13(6-10)21(23)24)18-14(22)8-26-15-19-17-9-20(15)7-11-2-1-5-25-11/h1-6,9H,7-8H2,(H,18,22). The second kappa shape index (κ2) is 8.02. The molecule has 3 rings (SSSR count). The van der Waals surface area contributed by atoms with Gasteiger partial charge in [0.15, 0.2) is 5.16 Å². The van der Waals surface area contributed by atoms with Crippen LogP contribution in [0.1, 0.15) is 5.76 Å². The smallest absolute Gasteiger partial charge is 0.294 e. The molecule has 2 aromatic heterocycles. The molecular formula is C15H12ClN5O4S. The van der Waals surface area contributed by atoms with Gasteiger partial charge >= 0.3 is 0 Å². The van der Waals surface area contributed by atoms with Crippen LogP contribution in [-0.4, -0.2) is 31.3 Å². The highest BCUT2D eigenvalue weighted by molar-refractivity contribution is 7.99. The summed E-state index contributed by atoms with van der Waals surface area (Å²) in [5.41, 5.74) is -0.182. The Kier molecular flexibility index (Phi) is 5.54. The van der Waals surface area contributed by atoms with E-state index in [9.17, 15) is 14.9 Å². The fourth-order valence-corrected chi connectivity index (χ4v) is 2.99. The Balaban J connectivity index is 1.62. The van der Waals surface area contributed by atoms with Gasteiger partial charge in [0, 0.05) is 11.1 Å². The van der Waals surface area contributed by atoms with Gasteiger partial charge in [-0.25, -0.2) is 0 Å². The molecule has 3 aromatic rings. The first-order chi connectivity index (χ1) is 12.5. The van der Waals surface area contributed by atoms with Gasteiger partial charge in [-0.3, -0.25) is 14.9 Å². The number of anilines is 1. The Morgan fingerprint density at radius 2 is 2.27 bits per heavy atom. The van der Waals surface area contributed by atoms with Crippen LogP contribution in [0.25, 0.3) is 0 Å². The van der Waals surface area contributed by atoms with Crippen LogP contribution in [0.15, 0.2) is 52.5 Å². The van der Waals surface area contributed by atoms with Gasteiger partial charge < -0.3 is 14.3 Å². The summed E-state index contributed by atoms with van der Waals surface area (Å²) in [4.78, 5) is 22.6. The van der Waals surface area contributed by atoms with E-state index in [2.05, 4.69) is 15.5 Å². The van der Waals surface area contributed by atoms with E-state index in [0.29, 0.717) is 11.7 Å². The Bertz CT molecular complexity index is 928. The van der Waals surface area contributed by atoms with Gasteiger partial charge in [-0.2, -0.15) is 0 Å². The normalized spacial score (nSPS) is 10.7. The summed E-state index contributed by atoms with van der Waals surface area (Å²) in [6.45, 7) is 0.437. The van der Waals surface area contributed by atoms with E-state index in [4.69, 9.17) is 16.0 Å². The molecule has 0 atom stereocenters. The maximum atomic E-state index is 12.1. The number of nitrogens with one attached hydrogen (secondary N) is 1. The third-order valence-corrected chi connectivity index (χ3v) is 4.47. The minimum atomic E-state index is -0.603. The number of nitro benzene ring substituents is 1. The lowest BCUT2D eigenvalue weighted by molar-refractivity contribution is -0.383. The molecule has 0 unspecified atom stereocenters. The number of hydrogen-bond acceptors (Lipinski definition) is 7. The highest BCUT2D eigenvalue weighted by atomic mass is 35.5. The molecular weight excluding hydrogens is 382 g/mol. The summed E-state index contributed by atoms with van der Waals surface area (Å²) in [5, 5.41) is 22.1. The lowest BCUT2D eigenvalue weighted by Crippen LogP contribution is -2.15. The fraction of sp³-hybridized carbons (Fsp3) is 0.133. The Morgan fingerprint density at radius 3 is 3.00 bits per heavy atom. The first-order valence-corrected chi connectivity index (χ1v) is 8.66. The molecule has 0 aliphatic heterocycles. The molecule has 9 nitrogen and oxygen atoms in total. The molecule has 26 heavy (non-hydrogen) atoms.